The Bertz CT molecular complexity index is 887. The highest BCUT2D eigenvalue weighted by atomic mass is 32.1. The normalized spacial score (nSPS) is 21.8. The van der Waals surface area contributed by atoms with E-state index in [9.17, 15) is 14.4 Å². The number of thiophene rings is 1. The Labute approximate surface area is 156 Å². The average molecular weight is 368 g/mol. The number of imide groups is 1. The van der Waals surface area contributed by atoms with Crippen LogP contribution < -0.4 is 5.32 Å². The van der Waals surface area contributed by atoms with E-state index in [0.717, 1.165) is 40.2 Å². The van der Waals surface area contributed by atoms with Crippen LogP contribution in [0, 0.1) is 0 Å². The summed E-state index contributed by atoms with van der Waals surface area (Å²) in [5.74, 6) is -0.532. The fraction of sp³-hybridized carbons (Fsp3) is 0.350. The summed E-state index contributed by atoms with van der Waals surface area (Å²) >= 11 is 1.62. The van der Waals surface area contributed by atoms with Crippen molar-refractivity contribution in [3.05, 3.63) is 57.3 Å². The van der Waals surface area contributed by atoms with Crippen LogP contribution in [0.4, 0.5) is 4.79 Å². The second-order valence-electron chi connectivity index (χ2n) is 6.81. The SMILES string of the molecule is CCc1ccc(C(=O)CN2C(=O)NC3(CCCc4sccc43)C2=O)cc1. The van der Waals surface area contributed by atoms with Gasteiger partial charge in [-0.05, 0) is 42.7 Å². The van der Waals surface area contributed by atoms with Crippen molar-refractivity contribution >= 4 is 29.1 Å². The fourth-order valence-electron chi connectivity index (χ4n) is 3.85. The number of nitrogens with one attached hydrogen (secondary N) is 1. The van der Waals surface area contributed by atoms with Crippen LogP contribution in [-0.4, -0.2) is 29.2 Å². The van der Waals surface area contributed by atoms with Crippen molar-refractivity contribution in [3.63, 3.8) is 0 Å². The minimum absolute atomic E-state index is 0.225. The maximum atomic E-state index is 13.1. The zero-order valence-corrected chi connectivity index (χ0v) is 15.4. The molecular weight excluding hydrogens is 348 g/mol. The quantitative estimate of drug-likeness (QED) is 0.665. The van der Waals surface area contributed by atoms with Crippen molar-refractivity contribution in [3.8, 4) is 0 Å². The first-order valence-corrected chi connectivity index (χ1v) is 9.76. The van der Waals surface area contributed by atoms with E-state index in [0.29, 0.717) is 12.0 Å². The summed E-state index contributed by atoms with van der Waals surface area (Å²) in [7, 11) is 0. The average Bonchev–Trinajstić information content (AvgIpc) is 3.22. The highest BCUT2D eigenvalue weighted by Crippen LogP contribution is 2.42. The van der Waals surface area contributed by atoms with E-state index in [-0.39, 0.29) is 18.2 Å². The first kappa shape index (κ1) is 17.0. The molecule has 1 N–H and O–H groups in total. The van der Waals surface area contributed by atoms with E-state index >= 15 is 0 Å². The molecule has 6 heteroatoms. The number of hydrogen-bond donors (Lipinski definition) is 1. The molecule has 1 spiro atoms. The molecule has 0 radical (unpaired) electrons. The van der Waals surface area contributed by atoms with Gasteiger partial charge < -0.3 is 5.32 Å². The molecule has 1 aliphatic heterocycles. The van der Waals surface area contributed by atoms with Gasteiger partial charge in [0, 0.05) is 16.0 Å². The van der Waals surface area contributed by atoms with Gasteiger partial charge in [0.15, 0.2) is 5.78 Å². The number of rotatable bonds is 4. The minimum Gasteiger partial charge on any atom is -0.319 e. The molecule has 1 aromatic carbocycles. The van der Waals surface area contributed by atoms with E-state index in [1.54, 1.807) is 23.5 Å². The third-order valence-corrected chi connectivity index (χ3v) is 6.30. The van der Waals surface area contributed by atoms with Crippen LogP contribution in [0.2, 0.25) is 0 Å². The molecule has 1 saturated heterocycles. The van der Waals surface area contributed by atoms with Gasteiger partial charge in [0.1, 0.15) is 5.54 Å². The molecule has 0 bridgehead atoms. The summed E-state index contributed by atoms with van der Waals surface area (Å²) in [5.41, 5.74) is 1.57. The Morgan fingerprint density at radius 1 is 1.23 bits per heavy atom. The second kappa shape index (κ2) is 6.36. The van der Waals surface area contributed by atoms with Gasteiger partial charge in [-0.1, -0.05) is 31.2 Å². The van der Waals surface area contributed by atoms with Crippen molar-refractivity contribution in [1.82, 2.24) is 10.2 Å². The molecule has 1 aromatic heterocycles. The lowest BCUT2D eigenvalue weighted by molar-refractivity contribution is -0.131. The lowest BCUT2D eigenvalue weighted by atomic mass is 9.80. The number of nitrogens with zero attached hydrogens (tertiary/aromatic N) is 1. The molecule has 1 atom stereocenters. The van der Waals surface area contributed by atoms with Crippen molar-refractivity contribution in [1.29, 1.82) is 0 Å². The molecule has 5 nitrogen and oxygen atoms in total. The third-order valence-electron chi connectivity index (χ3n) is 5.32. The van der Waals surface area contributed by atoms with Gasteiger partial charge >= 0.3 is 6.03 Å². The van der Waals surface area contributed by atoms with E-state index in [1.165, 1.54) is 0 Å². The molecule has 2 heterocycles. The summed E-state index contributed by atoms with van der Waals surface area (Å²) in [6, 6.07) is 8.76. The monoisotopic (exact) mass is 368 g/mol. The van der Waals surface area contributed by atoms with Crippen LogP contribution in [0.25, 0.3) is 0 Å². The van der Waals surface area contributed by atoms with Crippen LogP contribution >= 0.6 is 11.3 Å². The molecule has 2 aliphatic rings. The van der Waals surface area contributed by atoms with Crippen LogP contribution in [0.15, 0.2) is 35.7 Å². The van der Waals surface area contributed by atoms with Gasteiger partial charge in [0.2, 0.25) is 0 Å². The van der Waals surface area contributed by atoms with E-state index in [2.05, 4.69) is 5.32 Å². The first-order valence-electron chi connectivity index (χ1n) is 8.88. The zero-order chi connectivity index (χ0) is 18.3. The Morgan fingerprint density at radius 3 is 2.73 bits per heavy atom. The largest absolute Gasteiger partial charge is 0.325 e. The van der Waals surface area contributed by atoms with Gasteiger partial charge in [0.05, 0.1) is 6.54 Å². The van der Waals surface area contributed by atoms with Crippen LogP contribution in [0.5, 0.6) is 0 Å². The molecular formula is C20H20N2O3S. The number of carbonyl (C=O) groups is 3. The molecule has 3 amide bonds. The van der Waals surface area contributed by atoms with E-state index < -0.39 is 11.6 Å². The number of carbonyl (C=O) groups excluding carboxylic acids is 3. The number of fused-ring (bicyclic) bond motifs is 2. The number of urea groups is 1. The number of hydrogen-bond acceptors (Lipinski definition) is 4. The maximum Gasteiger partial charge on any atom is 0.325 e. The van der Waals surface area contributed by atoms with Gasteiger partial charge in [-0.25, -0.2) is 4.79 Å². The summed E-state index contributed by atoms with van der Waals surface area (Å²) in [6.45, 7) is 1.82. The minimum atomic E-state index is -0.989. The van der Waals surface area contributed by atoms with Crippen molar-refractivity contribution in [2.75, 3.05) is 6.54 Å². The molecule has 26 heavy (non-hydrogen) atoms. The third kappa shape index (κ3) is 2.56. The highest BCUT2D eigenvalue weighted by Gasteiger charge is 2.54. The Balaban J connectivity index is 1.58. The number of Topliss-reactive ketones (excluding diaryl/α,β-unsaturated/α-hetero) is 1. The Kier molecular flexibility index (Phi) is 4.15. The molecule has 4 rings (SSSR count). The standard InChI is InChI=1S/C20H20N2O3S/c1-2-13-5-7-14(8-6-13)16(23)12-22-18(24)20(21-19(22)25)10-3-4-17-15(20)9-11-26-17/h5-9,11H,2-4,10,12H2,1H3,(H,21,25). The first-order chi connectivity index (χ1) is 12.5. The van der Waals surface area contributed by atoms with E-state index in [1.807, 2.05) is 30.5 Å². The van der Waals surface area contributed by atoms with Crippen LogP contribution in [0.3, 0.4) is 0 Å². The van der Waals surface area contributed by atoms with Gasteiger partial charge in [-0.15, -0.1) is 11.3 Å². The Hall–Kier alpha value is -2.47. The van der Waals surface area contributed by atoms with Crippen molar-refractivity contribution in [2.24, 2.45) is 0 Å². The Morgan fingerprint density at radius 2 is 2.00 bits per heavy atom. The number of aryl methyl sites for hydroxylation is 2. The summed E-state index contributed by atoms with van der Waals surface area (Å²) in [5, 5.41) is 4.84. The van der Waals surface area contributed by atoms with Crippen molar-refractivity contribution < 1.29 is 14.4 Å². The zero-order valence-electron chi connectivity index (χ0n) is 14.6. The lowest BCUT2D eigenvalue weighted by Gasteiger charge is -2.31. The second-order valence-corrected chi connectivity index (χ2v) is 7.81. The van der Waals surface area contributed by atoms with Crippen molar-refractivity contribution in [2.45, 2.75) is 38.1 Å². The van der Waals surface area contributed by atoms with Gasteiger partial charge in [-0.2, -0.15) is 0 Å². The topological polar surface area (TPSA) is 66.5 Å². The van der Waals surface area contributed by atoms with Crippen LogP contribution in [-0.2, 0) is 23.2 Å². The molecule has 1 aliphatic carbocycles. The highest BCUT2D eigenvalue weighted by molar-refractivity contribution is 7.10. The number of amides is 3. The summed E-state index contributed by atoms with van der Waals surface area (Å²) < 4.78 is 0. The maximum absolute atomic E-state index is 13.1. The summed E-state index contributed by atoms with van der Waals surface area (Å²) in [6.07, 6.45) is 3.25. The number of ketones is 1. The summed E-state index contributed by atoms with van der Waals surface area (Å²) in [4.78, 5) is 40.4. The molecule has 0 saturated carbocycles. The van der Waals surface area contributed by atoms with Gasteiger partial charge in [-0.3, -0.25) is 14.5 Å². The lowest BCUT2D eigenvalue weighted by Crippen LogP contribution is -2.46. The van der Waals surface area contributed by atoms with Crippen LogP contribution in [0.1, 0.15) is 46.1 Å². The molecule has 1 unspecified atom stereocenters. The molecule has 2 aromatic rings. The predicted molar refractivity (Wildman–Crippen MR) is 99.3 cm³/mol. The van der Waals surface area contributed by atoms with Gasteiger partial charge in [0.25, 0.3) is 5.91 Å². The predicted octanol–water partition coefficient (Wildman–Crippen LogP) is 3.28. The fourth-order valence-corrected chi connectivity index (χ4v) is 4.85. The smallest absolute Gasteiger partial charge is 0.319 e. The molecule has 1 fully saturated rings. The molecule has 134 valence electrons. The van der Waals surface area contributed by atoms with E-state index in [4.69, 9.17) is 0 Å². The number of benzene rings is 1.